The SMILES string of the molecule is C[C@]12CC[C@@H]3[C@H](C(=O)C[C@H]4C[C@H](O)CC[C@@]43C)[C@@H]1C[C@H](O)C2. The first-order chi connectivity index (χ1) is 10.3. The van der Waals surface area contributed by atoms with Crippen LogP contribution >= 0.6 is 0 Å². The summed E-state index contributed by atoms with van der Waals surface area (Å²) in [6, 6.07) is 0. The predicted octanol–water partition coefficient (Wildman–Crippen LogP) is 2.93. The molecule has 0 amide bonds. The largest absolute Gasteiger partial charge is 0.393 e. The summed E-state index contributed by atoms with van der Waals surface area (Å²) in [5.41, 5.74) is 0.403. The Morgan fingerprint density at radius 3 is 2.55 bits per heavy atom. The summed E-state index contributed by atoms with van der Waals surface area (Å²) >= 11 is 0. The molecule has 3 nitrogen and oxygen atoms in total. The van der Waals surface area contributed by atoms with Gasteiger partial charge in [0.25, 0.3) is 0 Å². The van der Waals surface area contributed by atoms with Crippen molar-refractivity contribution in [3.05, 3.63) is 0 Å². The summed E-state index contributed by atoms with van der Waals surface area (Å²) in [6.45, 7) is 4.69. The van der Waals surface area contributed by atoms with E-state index in [1.54, 1.807) is 0 Å². The number of ketones is 1. The number of Topliss-reactive ketones (excluding diaryl/α,β-unsaturated/α-hetero) is 1. The molecule has 0 heterocycles. The fourth-order valence-electron chi connectivity index (χ4n) is 6.93. The number of aliphatic hydroxyl groups is 2. The van der Waals surface area contributed by atoms with Crippen molar-refractivity contribution in [1.29, 1.82) is 0 Å². The van der Waals surface area contributed by atoms with Crippen LogP contribution in [0.25, 0.3) is 0 Å². The van der Waals surface area contributed by atoms with Crippen LogP contribution in [0.3, 0.4) is 0 Å². The van der Waals surface area contributed by atoms with Crippen molar-refractivity contribution < 1.29 is 15.0 Å². The molecule has 4 rings (SSSR count). The van der Waals surface area contributed by atoms with E-state index in [-0.39, 0.29) is 29.0 Å². The van der Waals surface area contributed by atoms with Gasteiger partial charge in [-0.25, -0.2) is 0 Å². The van der Waals surface area contributed by atoms with Crippen LogP contribution in [0.15, 0.2) is 0 Å². The quantitative estimate of drug-likeness (QED) is 0.723. The number of hydrogen-bond acceptors (Lipinski definition) is 3. The van der Waals surface area contributed by atoms with Gasteiger partial charge in [-0.05, 0) is 73.5 Å². The minimum Gasteiger partial charge on any atom is -0.393 e. The number of hydrogen-bond donors (Lipinski definition) is 2. The highest BCUT2D eigenvalue weighted by atomic mass is 16.3. The molecule has 22 heavy (non-hydrogen) atoms. The molecule has 0 aromatic rings. The highest BCUT2D eigenvalue weighted by molar-refractivity contribution is 5.83. The fraction of sp³-hybridized carbons (Fsp3) is 0.947. The first-order valence-electron chi connectivity index (χ1n) is 9.22. The maximum absolute atomic E-state index is 13.0. The van der Waals surface area contributed by atoms with Crippen molar-refractivity contribution in [2.45, 2.75) is 77.4 Å². The second-order valence-corrected chi connectivity index (χ2v) is 9.33. The summed E-state index contributed by atoms with van der Waals surface area (Å²) in [4.78, 5) is 13.0. The molecule has 4 fully saturated rings. The predicted molar refractivity (Wildman–Crippen MR) is 84.1 cm³/mol. The van der Waals surface area contributed by atoms with Crippen molar-refractivity contribution in [3.63, 3.8) is 0 Å². The number of aliphatic hydroxyl groups excluding tert-OH is 2. The van der Waals surface area contributed by atoms with Crippen LogP contribution in [0.5, 0.6) is 0 Å². The third-order valence-electron chi connectivity index (χ3n) is 8.19. The van der Waals surface area contributed by atoms with Crippen LogP contribution in [-0.4, -0.2) is 28.2 Å². The van der Waals surface area contributed by atoms with Gasteiger partial charge in [-0.3, -0.25) is 4.79 Å². The molecule has 0 bridgehead atoms. The smallest absolute Gasteiger partial charge is 0.136 e. The average Bonchev–Trinajstić information content (AvgIpc) is 2.75. The molecule has 0 aromatic heterocycles. The highest BCUT2D eigenvalue weighted by Crippen LogP contribution is 2.65. The lowest BCUT2D eigenvalue weighted by Crippen LogP contribution is -2.56. The topological polar surface area (TPSA) is 57.5 Å². The van der Waals surface area contributed by atoms with Crippen LogP contribution in [0, 0.1) is 34.5 Å². The number of carbonyl (C=O) groups is 1. The van der Waals surface area contributed by atoms with E-state index < -0.39 is 0 Å². The maximum Gasteiger partial charge on any atom is 0.136 e. The summed E-state index contributed by atoms with van der Waals surface area (Å²) in [5, 5.41) is 20.2. The van der Waals surface area contributed by atoms with Crippen LogP contribution in [0.2, 0.25) is 0 Å². The summed E-state index contributed by atoms with van der Waals surface area (Å²) < 4.78 is 0. The van der Waals surface area contributed by atoms with Gasteiger partial charge in [0.15, 0.2) is 0 Å². The Morgan fingerprint density at radius 1 is 1.00 bits per heavy atom. The molecular weight excluding hydrogens is 276 g/mol. The van der Waals surface area contributed by atoms with Crippen LogP contribution in [0.1, 0.15) is 65.2 Å². The van der Waals surface area contributed by atoms with E-state index in [0.29, 0.717) is 30.0 Å². The van der Waals surface area contributed by atoms with Gasteiger partial charge in [0.2, 0.25) is 0 Å². The van der Waals surface area contributed by atoms with Gasteiger partial charge in [0.05, 0.1) is 12.2 Å². The molecule has 3 heteroatoms. The van der Waals surface area contributed by atoms with E-state index in [4.69, 9.17) is 0 Å². The molecule has 0 radical (unpaired) electrons. The number of rotatable bonds is 0. The summed E-state index contributed by atoms with van der Waals surface area (Å²) in [5.74, 6) is 1.85. The molecule has 0 saturated heterocycles. The van der Waals surface area contributed by atoms with Gasteiger partial charge >= 0.3 is 0 Å². The van der Waals surface area contributed by atoms with Gasteiger partial charge in [0, 0.05) is 12.3 Å². The standard InChI is InChI=1S/C19H30O3/c1-18-5-4-14-17(15(18)9-13(21)10-18)16(22)8-11-7-12(20)3-6-19(11,14)2/h11-15,17,20-21H,3-10H2,1-2H3/t11-,12-,13+,14-,15+,17+,18-,19+/m1/s1. The second kappa shape index (κ2) is 4.80. The molecule has 0 aromatic carbocycles. The van der Waals surface area contributed by atoms with Crippen molar-refractivity contribution in [1.82, 2.24) is 0 Å². The van der Waals surface area contributed by atoms with Crippen LogP contribution in [0.4, 0.5) is 0 Å². The van der Waals surface area contributed by atoms with E-state index >= 15 is 0 Å². The monoisotopic (exact) mass is 306 g/mol. The molecule has 2 N–H and O–H groups in total. The van der Waals surface area contributed by atoms with E-state index in [9.17, 15) is 15.0 Å². The third kappa shape index (κ3) is 1.97. The van der Waals surface area contributed by atoms with Crippen LogP contribution < -0.4 is 0 Å². The Kier molecular flexibility index (Phi) is 3.30. The van der Waals surface area contributed by atoms with E-state index in [1.165, 1.54) is 0 Å². The molecule has 0 unspecified atom stereocenters. The zero-order valence-electron chi connectivity index (χ0n) is 13.9. The Labute approximate surface area is 133 Å². The minimum absolute atomic E-state index is 0.174. The van der Waals surface area contributed by atoms with Gasteiger partial charge in [-0.15, -0.1) is 0 Å². The maximum atomic E-state index is 13.0. The normalized spacial score (nSPS) is 57.9. The minimum atomic E-state index is -0.208. The number of fused-ring (bicyclic) bond motifs is 5. The van der Waals surface area contributed by atoms with Gasteiger partial charge in [0.1, 0.15) is 5.78 Å². The van der Waals surface area contributed by atoms with Crippen LogP contribution in [-0.2, 0) is 4.79 Å². The summed E-state index contributed by atoms with van der Waals surface area (Å²) in [6.07, 6.45) is 7.04. The first kappa shape index (κ1) is 15.1. The number of carbonyl (C=O) groups excluding carboxylic acids is 1. The Balaban J connectivity index is 1.68. The molecule has 4 aliphatic rings. The lowest BCUT2D eigenvalue weighted by molar-refractivity contribution is -0.158. The zero-order chi connectivity index (χ0) is 15.7. The molecule has 4 aliphatic carbocycles. The van der Waals surface area contributed by atoms with Crippen molar-refractivity contribution >= 4 is 5.78 Å². The van der Waals surface area contributed by atoms with Gasteiger partial charge in [-0.2, -0.15) is 0 Å². The van der Waals surface area contributed by atoms with Crippen molar-refractivity contribution in [2.75, 3.05) is 0 Å². The lowest BCUT2D eigenvalue weighted by Gasteiger charge is -2.59. The summed E-state index contributed by atoms with van der Waals surface area (Å²) in [7, 11) is 0. The highest BCUT2D eigenvalue weighted by Gasteiger charge is 2.61. The molecule has 0 aliphatic heterocycles. The Bertz CT molecular complexity index is 489. The van der Waals surface area contributed by atoms with Crippen molar-refractivity contribution in [2.24, 2.45) is 34.5 Å². The third-order valence-corrected chi connectivity index (χ3v) is 8.19. The fourth-order valence-corrected chi connectivity index (χ4v) is 6.93. The van der Waals surface area contributed by atoms with E-state index in [0.717, 1.165) is 44.9 Å². The van der Waals surface area contributed by atoms with Gasteiger partial charge < -0.3 is 10.2 Å². The van der Waals surface area contributed by atoms with E-state index in [2.05, 4.69) is 13.8 Å². The van der Waals surface area contributed by atoms with Crippen molar-refractivity contribution in [3.8, 4) is 0 Å². The molecule has 0 spiro atoms. The van der Waals surface area contributed by atoms with Gasteiger partial charge in [-0.1, -0.05) is 13.8 Å². The molecule has 8 atom stereocenters. The molecule has 124 valence electrons. The molecule has 4 saturated carbocycles. The lowest BCUT2D eigenvalue weighted by atomic mass is 9.45. The van der Waals surface area contributed by atoms with E-state index in [1.807, 2.05) is 0 Å². The average molecular weight is 306 g/mol. The zero-order valence-corrected chi connectivity index (χ0v) is 13.9. The Hall–Kier alpha value is -0.410. The first-order valence-corrected chi connectivity index (χ1v) is 9.22. The second-order valence-electron chi connectivity index (χ2n) is 9.33. The molecular formula is C19H30O3. The Morgan fingerprint density at radius 2 is 1.77 bits per heavy atom.